The Balaban J connectivity index is 1.79. The molecule has 152 valence electrons. The highest BCUT2D eigenvalue weighted by Gasteiger charge is 2.26. The molecule has 0 unspecified atom stereocenters. The summed E-state index contributed by atoms with van der Waals surface area (Å²) >= 11 is 0. The van der Waals surface area contributed by atoms with Crippen LogP contribution in [0.4, 0.5) is 0 Å². The summed E-state index contributed by atoms with van der Waals surface area (Å²) < 4.78 is 10.9. The Morgan fingerprint density at radius 1 is 0.966 bits per heavy atom. The van der Waals surface area contributed by atoms with Gasteiger partial charge in [-0.25, -0.2) is 0 Å². The molecule has 0 radical (unpaired) electrons. The highest BCUT2D eigenvalue weighted by atomic mass is 16.3. The van der Waals surface area contributed by atoms with Crippen molar-refractivity contribution in [2.45, 2.75) is 39.9 Å². The third-order valence-corrected chi connectivity index (χ3v) is 4.63. The first-order chi connectivity index (χ1) is 13.9. The first-order valence-electron chi connectivity index (χ1n) is 9.65. The van der Waals surface area contributed by atoms with Crippen molar-refractivity contribution in [1.29, 1.82) is 0 Å². The molecule has 3 aromatic rings. The van der Waals surface area contributed by atoms with E-state index >= 15 is 0 Å². The van der Waals surface area contributed by atoms with Gasteiger partial charge in [0.05, 0.1) is 12.8 Å². The fourth-order valence-electron chi connectivity index (χ4n) is 3.07. The molecule has 0 N–H and O–H groups in total. The van der Waals surface area contributed by atoms with Gasteiger partial charge >= 0.3 is 0 Å². The molecule has 0 spiro atoms. The van der Waals surface area contributed by atoms with Crippen LogP contribution in [0.15, 0.2) is 69.7 Å². The van der Waals surface area contributed by atoms with Crippen LogP contribution in [0.5, 0.6) is 0 Å². The number of nitrogens with zero attached hydrogens (tertiary/aromatic N) is 2. The van der Waals surface area contributed by atoms with E-state index < -0.39 is 0 Å². The minimum Gasteiger partial charge on any atom is -0.464 e. The van der Waals surface area contributed by atoms with Crippen LogP contribution in [0, 0.1) is 6.92 Å². The molecule has 0 atom stereocenters. The SMILES string of the molecule is Cc1ccc(CN(Cc2ccccc2)C(=O)CN(C(=O)c2ccco2)C(C)C)o1. The van der Waals surface area contributed by atoms with Crippen molar-refractivity contribution in [3.05, 3.63) is 83.7 Å². The van der Waals surface area contributed by atoms with E-state index in [-0.39, 0.29) is 30.2 Å². The highest BCUT2D eigenvalue weighted by Crippen LogP contribution is 2.15. The fraction of sp³-hybridized carbons (Fsp3) is 0.304. The molecule has 0 fully saturated rings. The molecule has 1 aromatic carbocycles. The largest absolute Gasteiger partial charge is 0.464 e. The van der Waals surface area contributed by atoms with Crippen LogP contribution in [-0.4, -0.2) is 34.2 Å². The molecule has 0 saturated carbocycles. The van der Waals surface area contributed by atoms with Crippen LogP contribution >= 0.6 is 0 Å². The summed E-state index contributed by atoms with van der Waals surface area (Å²) in [6.07, 6.45) is 1.45. The van der Waals surface area contributed by atoms with E-state index in [1.165, 1.54) is 11.2 Å². The average Bonchev–Trinajstić information content (AvgIpc) is 3.37. The topological polar surface area (TPSA) is 66.9 Å². The van der Waals surface area contributed by atoms with E-state index in [0.29, 0.717) is 18.8 Å². The van der Waals surface area contributed by atoms with Gasteiger partial charge < -0.3 is 18.6 Å². The summed E-state index contributed by atoms with van der Waals surface area (Å²) in [5.74, 6) is 1.27. The van der Waals surface area contributed by atoms with Gasteiger partial charge in [0.2, 0.25) is 5.91 Å². The smallest absolute Gasteiger partial charge is 0.290 e. The van der Waals surface area contributed by atoms with Gasteiger partial charge in [0.25, 0.3) is 5.91 Å². The van der Waals surface area contributed by atoms with Gasteiger partial charge in [-0.2, -0.15) is 0 Å². The maximum absolute atomic E-state index is 13.2. The molecule has 2 amide bonds. The summed E-state index contributed by atoms with van der Waals surface area (Å²) in [5.41, 5.74) is 1.01. The van der Waals surface area contributed by atoms with Crippen molar-refractivity contribution in [1.82, 2.24) is 9.80 Å². The molecular weight excluding hydrogens is 368 g/mol. The van der Waals surface area contributed by atoms with E-state index in [4.69, 9.17) is 8.83 Å². The molecule has 29 heavy (non-hydrogen) atoms. The lowest BCUT2D eigenvalue weighted by Crippen LogP contribution is -2.45. The molecule has 6 nitrogen and oxygen atoms in total. The third kappa shape index (κ3) is 5.38. The molecule has 0 bridgehead atoms. The van der Waals surface area contributed by atoms with Crippen molar-refractivity contribution in [2.75, 3.05) is 6.54 Å². The molecule has 2 aromatic heterocycles. The molecule has 3 rings (SSSR count). The predicted octanol–water partition coefficient (Wildman–Crippen LogP) is 4.26. The van der Waals surface area contributed by atoms with E-state index in [0.717, 1.165) is 11.3 Å². The molecule has 0 aliphatic heterocycles. The second-order valence-corrected chi connectivity index (χ2v) is 7.25. The van der Waals surface area contributed by atoms with Gasteiger partial charge in [0.15, 0.2) is 5.76 Å². The van der Waals surface area contributed by atoms with Gasteiger partial charge in [-0.05, 0) is 50.6 Å². The van der Waals surface area contributed by atoms with Gasteiger partial charge in [0.1, 0.15) is 18.1 Å². The Labute approximate surface area is 170 Å². The number of carbonyl (C=O) groups is 2. The number of amides is 2. The number of benzene rings is 1. The monoisotopic (exact) mass is 394 g/mol. The summed E-state index contributed by atoms with van der Waals surface area (Å²) in [7, 11) is 0. The number of carbonyl (C=O) groups excluding carboxylic acids is 2. The molecule has 0 aliphatic carbocycles. The van der Waals surface area contributed by atoms with Crippen molar-refractivity contribution in [2.24, 2.45) is 0 Å². The quantitative estimate of drug-likeness (QED) is 0.572. The lowest BCUT2D eigenvalue weighted by molar-refractivity contribution is -0.133. The van der Waals surface area contributed by atoms with Crippen molar-refractivity contribution >= 4 is 11.8 Å². The molecule has 0 saturated heterocycles. The van der Waals surface area contributed by atoms with Crippen molar-refractivity contribution < 1.29 is 18.4 Å². The molecule has 6 heteroatoms. The summed E-state index contributed by atoms with van der Waals surface area (Å²) in [6.45, 7) is 6.36. The normalized spacial score (nSPS) is 10.9. The maximum Gasteiger partial charge on any atom is 0.290 e. The van der Waals surface area contributed by atoms with Crippen molar-refractivity contribution in [3.8, 4) is 0 Å². The van der Waals surface area contributed by atoms with Crippen LogP contribution < -0.4 is 0 Å². The zero-order valence-corrected chi connectivity index (χ0v) is 17.0. The van der Waals surface area contributed by atoms with E-state index in [9.17, 15) is 9.59 Å². The highest BCUT2D eigenvalue weighted by molar-refractivity contribution is 5.94. The third-order valence-electron chi connectivity index (χ3n) is 4.63. The van der Waals surface area contributed by atoms with Gasteiger partial charge in [-0.1, -0.05) is 30.3 Å². The minimum atomic E-state index is -0.299. The zero-order chi connectivity index (χ0) is 20.8. The number of aryl methyl sites for hydroxylation is 1. The first kappa shape index (κ1) is 20.5. The number of hydrogen-bond donors (Lipinski definition) is 0. The van der Waals surface area contributed by atoms with Crippen LogP contribution in [0.2, 0.25) is 0 Å². The minimum absolute atomic E-state index is 0.0380. The lowest BCUT2D eigenvalue weighted by Gasteiger charge is -2.29. The van der Waals surface area contributed by atoms with Crippen LogP contribution in [0.1, 0.15) is 41.5 Å². The summed E-state index contributed by atoms with van der Waals surface area (Å²) in [6, 6.07) is 16.6. The van der Waals surface area contributed by atoms with Gasteiger partial charge in [-0.15, -0.1) is 0 Å². The lowest BCUT2D eigenvalue weighted by atomic mass is 10.2. The van der Waals surface area contributed by atoms with E-state index in [1.807, 2.05) is 63.2 Å². The Kier molecular flexibility index (Phi) is 6.54. The maximum atomic E-state index is 13.2. The second-order valence-electron chi connectivity index (χ2n) is 7.25. The van der Waals surface area contributed by atoms with Crippen molar-refractivity contribution in [3.63, 3.8) is 0 Å². The average molecular weight is 394 g/mol. The predicted molar refractivity (Wildman–Crippen MR) is 109 cm³/mol. The van der Waals surface area contributed by atoms with Crippen LogP contribution in [0.25, 0.3) is 0 Å². The molecular formula is C23H26N2O4. The molecule has 2 heterocycles. The second kappa shape index (κ2) is 9.28. The first-order valence-corrected chi connectivity index (χ1v) is 9.65. The number of furan rings is 2. The van der Waals surface area contributed by atoms with E-state index in [1.54, 1.807) is 17.0 Å². The van der Waals surface area contributed by atoms with Gasteiger partial charge in [-0.3, -0.25) is 9.59 Å². The molecule has 0 aliphatic rings. The summed E-state index contributed by atoms with van der Waals surface area (Å²) in [5, 5.41) is 0. The van der Waals surface area contributed by atoms with Crippen LogP contribution in [-0.2, 0) is 17.9 Å². The Bertz CT molecular complexity index is 929. The van der Waals surface area contributed by atoms with E-state index in [2.05, 4.69) is 0 Å². The Hall–Kier alpha value is -3.28. The van der Waals surface area contributed by atoms with Crippen LogP contribution in [0.3, 0.4) is 0 Å². The summed E-state index contributed by atoms with van der Waals surface area (Å²) in [4.78, 5) is 29.2. The Morgan fingerprint density at radius 2 is 1.72 bits per heavy atom. The Morgan fingerprint density at radius 3 is 2.31 bits per heavy atom. The fourth-order valence-corrected chi connectivity index (χ4v) is 3.07. The zero-order valence-electron chi connectivity index (χ0n) is 17.0. The van der Waals surface area contributed by atoms with Gasteiger partial charge in [0, 0.05) is 12.6 Å². The number of hydrogen-bond acceptors (Lipinski definition) is 4. The standard InChI is InChI=1S/C23H26N2O4/c1-17(2)25(23(27)21-10-7-13-28-21)16-22(26)24(14-19-8-5-4-6-9-19)15-20-12-11-18(3)29-20/h4-13,17H,14-16H2,1-3H3. The number of rotatable bonds is 8.